The minimum atomic E-state index is -0.358. The minimum absolute atomic E-state index is 0.358. The molecule has 0 spiro atoms. The number of rotatable bonds is 4. The molecule has 5 heteroatoms. The summed E-state index contributed by atoms with van der Waals surface area (Å²) in [5, 5.41) is 14.1. The summed E-state index contributed by atoms with van der Waals surface area (Å²) in [6, 6.07) is 4.48. The quantitative estimate of drug-likeness (QED) is 0.864. The van der Waals surface area contributed by atoms with E-state index >= 15 is 0 Å². The third-order valence-corrected chi connectivity index (χ3v) is 4.80. The molecule has 4 nitrogen and oxygen atoms in total. The van der Waals surface area contributed by atoms with Gasteiger partial charge in [-0.05, 0) is 52.1 Å². The second-order valence-corrected chi connectivity index (χ2v) is 6.76. The van der Waals surface area contributed by atoms with Crippen LogP contribution >= 0.6 is 11.8 Å². The zero-order valence-electron chi connectivity index (χ0n) is 12.4. The Hall–Kier alpha value is -1.12. The van der Waals surface area contributed by atoms with Gasteiger partial charge >= 0.3 is 0 Å². The van der Waals surface area contributed by atoms with Crippen molar-refractivity contribution in [3.63, 3.8) is 0 Å². The van der Waals surface area contributed by atoms with Crippen LogP contribution in [0.2, 0.25) is 0 Å². The standard InChI is InChI=1S/C15H22N4S/c1-4-17-15(10-16)7-5-6-13(9-15)20-14-18-11(2)8-12(3)19-14/h8,13,17H,4-7,9H2,1-3H3. The smallest absolute Gasteiger partial charge is 0.188 e. The molecule has 1 N–H and O–H groups in total. The van der Waals surface area contributed by atoms with Gasteiger partial charge in [-0.2, -0.15) is 5.26 Å². The zero-order chi connectivity index (χ0) is 14.6. The third kappa shape index (κ3) is 3.71. The van der Waals surface area contributed by atoms with Gasteiger partial charge in [-0.1, -0.05) is 18.7 Å². The highest BCUT2D eigenvalue weighted by Gasteiger charge is 2.36. The number of nitrogens with one attached hydrogen (secondary N) is 1. The van der Waals surface area contributed by atoms with Crippen LogP contribution in [0.1, 0.15) is 44.0 Å². The molecule has 2 unspecified atom stereocenters. The van der Waals surface area contributed by atoms with E-state index in [4.69, 9.17) is 0 Å². The molecule has 1 aliphatic carbocycles. The van der Waals surface area contributed by atoms with Gasteiger partial charge in [-0.3, -0.25) is 5.32 Å². The van der Waals surface area contributed by atoms with Crippen molar-refractivity contribution in [3.05, 3.63) is 17.5 Å². The van der Waals surface area contributed by atoms with Crippen LogP contribution in [0.4, 0.5) is 0 Å². The Morgan fingerprint density at radius 1 is 1.45 bits per heavy atom. The predicted molar refractivity (Wildman–Crippen MR) is 81.6 cm³/mol. The molecule has 1 aromatic rings. The lowest BCUT2D eigenvalue weighted by Crippen LogP contribution is -2.48. The maximum absolute atomic E-state index is 9.49. The second kappa shape index (κ2) is 6.55. The Morgan fingerprint density at radius 3 is 2.75 bits per heavy atom. The maximum atomic E-state index is 9.49. The van der Waals surface area contributed by atoms with E-state index in [1.807, 2.05) is 19.9 Å². The largest absolute Gasteiger partial charge is 0.300 e. The maximum Gasteiger partial charge on any atom is 0.188 e. The van der Waals surface area contributed by atoms with E-state index in [1.54, 1.807) is 11.8 Å². The average molecular weight is 290 g/mol. The first kappa shape index (κ1) is 15.3. The van der Waals surface area contributed by atoms with Gasteiger partial charge in [0.2, 0.25) is 0 Å². The topological polar surface area (TPSA) is 61.6 Å². The van der Waals surface area contributed by atoms with Crippen LogP contribution in [0.15, 0.2) is 11.2 Å². The van der Waals surface area contributed by atoms with Crippen LogP contribution in [0.25, 0.3) is 0 Å². The molecule has 0 amide bonds. The van der Waals surface area contributed by atoms with E-state index in [0.717, 1.165) is 48.8 Å². The first-order chi connectivity index (χ1) is 9.57. The summed E-state index contributed by atoms with van der Waals surface area (Å²) in [4.78, 5) is 8.99. The van der Waals surface area contributed by atoms with Crippen LogP contribution in [0.3, 0.4) is 0 Å². The van der Waals surface area contributed by atoms with Crippen LogP contribution in [0, 0.1) is 25.2 Å². The Kier molecular flexibility index (Phi) is 5.00. The van der Waals surface area contributed by atoms with Crippen LogP contribution < -0.4 is 5.32 Å². The highest BCUT2D eigenvalue weighted by atomic mass is 32.2. The molecule has 1 heterocycles. The van der Waals surface area contributed by atoms with Gasteiger partial charge in [0.15, 0.2) is 5.16 Å². The first-order valence-electron chi connectivity index (χ1n) is 7.22. The number of aryl methyl sites for hydroxylation is 2. The van der Waals surface area contributed by atoms with Gasteiger partial charge in [0.25, 0.3) is 0 Å². The van der Waals surface area contributed by atoms with Gasteiger partial charge in [0, 0.05) is 16.6 Å². The highest BCUT2D eigenvalue weighted by Crippen LogP contribution is 2.37. The molecule has 1 fully saturated rings. The SMILES string of the molecule is CCNC1(C#N)CCCC(Sc2nc(C)cc(C)n2)C1. The van der Waals surface area contributed by atoms with Gasteiger partial charge in [-0.15, -0.1) is 0 Å². The lowest BCUT2D eigenvalue weighted by Gasteiger charge is -2.35. The number of hydrogen-bond acceptors (Lipinski definition) is 5. The number of nitriles is 1. The number of aromatic nitrogens is 2. The van der Waals surface area contributed by atoms with Crippen molar-refractivity contribution in [2.24, 2.45) is 0 Å². The van der Waals surface area contributed by atoms with Gasteiger partial charge in [-0.25, -0.2) is 9.97 Å². The fraction of sp³-hybridized carbons (Fsp3) is 0.667. The fourth-order valence-corrected chi connectivity index (χ4v) is 4.20. The van der Waals surface area contributed by atoms with Crippen molar-refractivity contribution in [1.29, 1.82) is 5.26 Å². The minimum Gasteiger partial charge on any atom is -0.300 e. The third-order valence-electron chi connectivity index (χ3n) is 3.67. The fourth-order valence-electron chi connectivity index (χ4n) is 2.86. The highest BCUT2D eigenvalue weighted by molar-refractivity contribution is 7.99. The molecule has 1 aromatic heterocycles. The molecule has 2 atom stereocenters. The monoisotopic (exact) mass is 290 g/mol. The Labute approximate surface area is 125 Å². The Balaban J connectivity index is 2.08. The van der Waals surface area contributed by atoms with Crippen molar-refractivity contribution >= 4 is 11.8 Å². The average Bonchev–Trinajstić information content (AvgIpc) is 2.38. The molecule has 0 aromatic carbocycles. The summed E-state index contributed by atoms with van der Waals surface area (Å²) in [7, 11) is 0. The molecule has 2 rings (SSSR count). The Bertz CT molecular complexity index is 487. The van der Waals surface area contributed by atoms with Crippen LogP contribution in [-0.4, -0.2) is 27.3 Å². The van der Waals surface area contributed by atoms with Gasteiger partial charge in [0.05, 0.1) is 6.07 Å². The number of thioether (sulfide) groups is 1. The van der Waals surface area contributed by atoms with E-state index in [2.05, 4.69) is 28.3 Å². The summed E-state index contributed by atoms with van der Waals surface area (Å²) in [5.74, 6) is 0. The van der Waals surface area contributed by atoms with Gasteiger partial charge < -0.3 is 0 Å². The molecule has 1 saturated carbocycles. The number of hydrogen-bond donors (Lipinski definition) is 1. The molecular formula is C15H22N4S. The molecular weight excluding hydrogens is 268 g/mol. The predicted octanol–water partition coefficient (Wildman–Crippen LogP) is 3.00. The summed E-state index contributed by atoms with van der Waals surface area (Å²) in [6.45, 7) is 6.89. The van der Waals surface area contributed by atoms with E-state index in [0.29, 0.717) is 5.25 Å². The summed E-state index contributed by atoms with van der Waals surface area (Å²) < 4.78 is 0. The zero-order valence-corrected chi connectivity index (χ0v) is 13.3. The second-order valence-electron chi connectivity index (χ2n) is 5.49. The normalized spacial score (nSPS) is 26.2. The van der Waals surface area contributed by atoms with Crippen molar-refractivity contribution in [2.45, 2.75) is 62.4 Å². The van der Waals surface area contributed by atoms with Crippen LogP contribution in [0.5, 0.6) is 0 Å². The van der Waals surface area contributed by atoms with Crippen LogP contribution in [-0.2, 0) is 0 Å². The van der Waals surface area contributed by atoms with Crippen molar-refractivity contribution < 1.29 is 0 Å². The van der Waals surface area contributed by atoms with E-state index in [-0.39, 0.29) is 5.54 Å². The van der Waals surface area contributed by atoms with Crippen molar-refractivity contribution in [2.75, 3.05) is 6.54 Å². The molecule has 0 radical (unpaired) electrons. The Morgan fingerprint density at radius 2 is 2.15 bits per heavy atom. The summed E-state index contributed by atoms with van der Waals surface area (Å²) in [5.41, 5.74) is 1.66. The molecule has 20 heavy (non-hydrogen) atoms. The lowest BCUT2D eigenvalue weighted by atomic mass is 9.82. The molecule has 0 aliphatic heterocycles. The van der Waals surface area contributed by atoms with E-state index < -0.39 is 0 Å². The summed E-state index contributed by atoms with van der Waals surface area (Å²) in [6.07, 6.45) is 4.04. The van der Waals surface area contributed by atoms with Crippen molar-refractivity contribution in [3.8, 4) is 6.07 Å². The number of nitrogens with zero attached hydrogens (tertiary/aromatic N) is 3. The molecule has 108 valence electrons. The molecule has 1 aliphatic rings. The van der Waals surface area contributed by atoms with Gasteiger partial charge in [0.1, 0.15) is 5.54 Å². The summed E-state index contributed by atoms with van der Waals surface area (Å²) >= 11 is 1.72. The first-order valence-corrected chi connectivity index (χ1v) is 8.10. The molecule has 0 bridgehead atoms. The van der Waals surface area contributed by atoms with E-state index in [1.165, 1.54) is 0 Å². The van der Waals surface area contributed by atoms with E-state index in [9.17, 15) is 5.26 Å². The van der Waals surface area contributed by atoms with Crippen molar-refractivity contribution in [1.82, 2.24) is 15.3 Å². The molecule has 0 saturated heterocycles. The lowest BCUT2D eigenvalue weighted by molar-refractivity contribution is 0.309.